The van der Waals surface area contributed by atoms with Gasteiger partial charge in [-0.15, -0.1) is 0 Å². The number of ether oxygens (including phenoxy) is 1. The molecule has 0 saturated carbocycles. The molecule has 0 saturated heterocycles. The zero-order valence-corrected chi connectivity index (χ0v) is 21.5. The second-order valence-electron chi connectivity index (χ2n) is 7.22. The van der Waals surface area contributed by atoms with Crippen LogP contribution in [0, 0.1) is 5.92 Å². The van der Waals surface area contributed by atoms with Crippen LogP contribution in [0.4, 0.5) is 11.4 Å². The maximum absolute atomic E-state index is 5.52. The van der Waals surface area contributed by atoms with E-state index in [2.05, 4.69) is 97.6 Å². The number of fused-ring (bicyclic) bond motifs is 1. The van der Waals surface area contributed by atoms with E-state index in [0.717, 1.165) is 23.4 Å². The number of anilines is 2. The van der Waals surface area contributed by atoms with E-state index < -0.39 is 0 Å². The summed E-state index contributed by atoms with van der Waals surface area (Å²) in [6, 6.07) is 8.33. The number of likely N-dealkylation sites (N-methyl/N-ethyl adjacent to an activating group) is 1. The highest BCUT2D eigenvalue weighted by Crippen LogP contribution is 2.34. The fraction of sp³-hybridized carbons (Fsp3) is 0.333. The van der Waals surface area contributed by atoms with Gasteiger partial charge >= 0.3 is 0 Å². The van der Waals surface area contributed by atoms with Crippen molar-refractivity contribution in [3.8, 4) is 0 Å². The van der Waals surface area contributed by atoms with Crippen molar-refractivity contribution in [3.63, 3.8) is 0 Å². The maximum Gasteiger partial charge on any atom is 0.125 e. The van der Waals surface area contributed by atoms with Gasteiger partial charge in [0.25, 0.3) is 0 Å². The molecule has 1 aromatic carbocycles. The highest BCUT2D eigenvalue weighted by Gasteiger charge is 2.24. The molecule has 0 radical (unpaired) electrons. The molecule has 1 aromatic rings. The zero-order chi connectivity index (χ0) is 24.6. The van der Waals surface area contributed by atoms with E-state index >= 15 is 0 Å². The number of hydrogen-bond donors (Lipinski definition) is 1. The average molecular weight is 447 g/mol. The number of hydrogen-bond acceptors (Lipinski definition) is 3. The van der Waals surface area contributed by atoms with Crippen molar-refractivity contribution in [1.29, 1.82) is 0 Å². The van der Waals surface area contributed by atoms with Gasteiger partial charge in [0.15, 0.2) is 0 Å². The Morgan fingerprint density at radius 1 is 1.12 bits per heavy atom. The topological polar surface area (TPSA) is 24.5 Å². The van der Waals surface area contributed by atoms with Crippen molar-refractivity contribution in [2.75, 3.05) is 24.4 Å². The van der Waals surface area contributed by atoms with Crippen LogP contribution in [-0.2, 0) is 4.74 Å². The Bertz CT molecular complexity index is 915. The fourth-order valence-electron chi connectivity index (χ4n) is 3.49. The molecule has 2 atom stereocenters. The van der Waals surface area contributed by atoms with Crippen molar-refractivity contribution in [3.05, 3.63) is 109 Å². The molecule has 0 bridgehead atoms. The van der Waals surface area contributed by atoms with Crippen LogP contribution in [0.15, 0.2) is 109 Å². The lowest BCUT2D eigenvalue weighted by Gasteiger charge is -2.20. The summed E-state index contributed by atoms with van der Waals surface area (Å²) < 4.78 is 5.52. The van der Waals surface area contributed by atoms with Crippen LogP contribution in [0.5, 0.6) is 0 Å². The maximum atomic E-state index is 5.52. The molecule has 178 valence electrons. The molecule has 1 aliphatic heterocycles. The lowest BCUT2D eigenvalue weighted by molar-refractivity contribution is 0.300. The number of rotatable bonds is 4. The van der Waals surface area contributed by atoms with Gasteiger partial charge in [-0.05, 0) is 30.0 Å². The Balaban J connectivity index is 0.000000330. The first-order chi connectivity index (χ1) is 16.1. The van der Waals surface area contributed by atoms with Gasteiger partial charge in [0.05, 0.1) is 18.5 Å². The summed E-state index contributed by atoms with van der Waals surface area (Å²) in [4.78, 5) is 2.22. The van der Waals surface area contributed by atoms with Gasteiger partial charge in [-0.2, -0.15) is 0 Å². The quantitative estimate of drug-likeness (QED) is 0.472. The third-order valence-electron chi connectivity index (χ3n) is 5.10. The Hall–Kier alpha value is -3.20. The van der Waals surface area contributed by atoms with Crippen LogP contribution >= 0.6 is 0 Å². The molecular weight excluding hydrogens is 404 g/mol. The minimum Gasteiger partial charge on any atom is -0.496 e. The van der Waals surface area contributed by atoms with Crippen LogP contribution in [0.3, 0.4) is 0 Å². The van der Waals surface area contributed by atoms with E-state index in [1.54, 1.807) is 7.11 Å². The van der Waals surface area contributed by atoms with Crippen LogP contribution in [-0.4, -0.2) is 20.3 Å². The summed E-state index contributed by atoms with van der Waals surface area (Å²) in [7, 11) is 3.81. The smallest absolute Gasteiger partial charge is 0.125 e. The zero-order valence-electron chi connectivity index (χ0n) is 21.5. The lowest BCUT2D eigenvalue weighted by atomic mass is 10.1. The van der Waals surface area contributed by atoms with E-state index in [0.29, 0.717) is 5.92 Å². The molecule has 3 nitrogen and oxygen atoms in total. The predicted molar refractivity (Wildman–Crippen MR) is 148 cm³/mol. The monoisotopic (exact) mass is 446 g/mol. The van der Waals surface area contributed by atoms with Crippen LogP contribution < -0.4 is 10.2 Å². The van der Waals surface area contributed by atoms with Gasteiger partial charge in [-0.3, -0.25) is 0 Å². The molecule has 1 N–H and O–H groups in total. The summed E-state index contributed by atoms with van der Waals surface area (Å²) in [5, 5.41) is 3.49. The molecule has 2 unspecified atom stereocenters. The number of methoxy groups -OCH3 is 1. The second-order valence-corrected chi connectivity index (χ2v) is 7.22. The highest BCUT2D eigenvalue weighted by atomic mass is 16.5. The molecule has 4 rings (SSSR count). The second kappa shape index (κ2) is 15.6. The summed E-state index contributed by atoms with van der Waals surface area (Å²) in [6.45, 7) is 13.9. The normalized spacial score (nSPS) is 19.7. The molecule has 0 spiro atoms. The van der Waals surface area contributed by atoms with E-state index in [1.165, 1.54) is 11.3 Å². The standard InChI is InChI=1S/C16H18N2O.C10H12.2C2H6/c1-18-14-10-6-5-9-13(14)17-16(18)11-15(19-2)12-7-3-4-8-12;1-3-10-7-5-4-6-9(2)8-10;2*1-2/h3,5-11,16-17H,4H2,1-2H3;3-9H,1H2,2H3;2*1-2H3/b15-11-;;;. The largest absolute Gasteiger partial charge is 0.496 e. The molecular formula is C30H42N2O. The van der Waals surface area contributed by atoms with Crippen molar-refractivity contribution >= 4 is 11.4 Å². The minimum atomic E-state index is 0.127. The molecule has 0 fully saturated rings. The molecule has 3 heteroatoms. The molecule has 3 aliphatic rings. The predicted octanol–water partition coefficient (Wildman–Crippen LogP) is 8.20. The first-order valence-corrected chi connectivity index (χ1v) is 12.0. The number of allylic oxidation sites excluding steroid dienone is 10. The molecule has 33 heavy (non-hydrogen) atoms. The SMILES string of the molecule is C=CC1=CC(C)C=CC=C1.CC.CC.CO/C(=C\C1Nc2ccccc2N1C)C1=CCC=C1. The van der Waals surface area contributed by atoms with Crippen molar-refractivity contribution in [2.24, 2.45) is 5.92 Å². The first kappa shape index (κ1) is 27.8. The van der Waals surface area contributed by atoms with E-state index in [9.17, 15) is 0 Å². The molecule has 0 aromatic heterocycles. The van der Waals surface area contributed by atoms with Gasteiger partial charge in [0.1, 0.15) is 11.9 Å². The van der Waals surface area contributed by atoms with Crippen LogP contribution in [0.1, 0.15) is 41.0 Å². The summed E-state index contributed by atoms with van der Waals surface area (Å²) >= 11 is 0. The van der Waals surface area contributed by atoms with Crippen LogP contribution in [0.25, 0.3) is 0 Å². The Morgan fingerprint density at radius 3 is 2.45 bits per heavy atom. The van der Waals surface area contributed by atoms with Gasteiger partial charge in [0, 0.05) is 18.7 Å². The number of nitrogens with zero attached hydrogens (tertiary/aromatic N) is 1. The summed E-state index contributed by atoms with van der Waals surface area (Å²) in [5.74, 6) is 1.45. The first-order valence-electron chi connectivity index (χ1n) is 12.0. The van der Waals surface area contributed by atoms with Gasteiger partial charge in [-0.1, -0.05) is 108 Å². The lowest BCUT2D eigenvalue weighted by Crippen LogP contribution is -2.30. The average Bonchev–Trinajstić information content (AvgIpc) is 3.45. The summed E-state index contributed by atoms with van der Waals surface area (Å²) in [6.07, 6.45) is 22.1. The van der Waals surface area contributed by atoms with E-state index in [-0.39, 0.29) is 6.17 Å². The fourth-order valence-corrected chi connectivity index (χ4v) is 3.49. The van der Waals surface area contributed by atoms with Gasteiger partial charge in [0.2, 0.25) is 0 Å². The number of nitrogens with one attached hydrogen (secondary N) is 1. The minimum absolute atomic E-state index is 0.127. The third kappa shape index (κ3) is 8.34. The Labute approximate surface area is 202 Å². The number of benzene rings is 1. The Morgan fingerprint density at radius 2 is 1.85 bits per heavy atom. The Kier molecular flexibility index (Phi) is 13.1. The third-order valence-corrected chi connectivity index (χ3v) is 5.10. The number of para-hydroxylation sites is 2. The van der Waals surface area contributed by atoms with Crippen molar-refractivity contribution < 1.29 is 4.74 Å². The molecule has 1 heterocycles. The van der Waals surface area contributed by atoms with Crippen molar-refractivity contribution in [2.45, 2.75) is 47.2 Å². The van der Waals surface area contributed by atoms with Gasteiger partial charge < -0.3 is 15.0 Å². The van der Waals surface area contributed by atoms with Crippen LogP contribution in [0.2, 0.25) is 0 Å². The van der Waals surface area contributed by atoms with Gasteiger partial charge in [-0.25, -0.2) is 0 Å². The van der Waals surface area contributed by atoms with Crippen molar-refractivity contribution in [1.82, 2.24) is 0 Å². The summed E-state index contributed by atoms with van der Waals surface area (Å²) in [5.41, 5.74) is 4.75. The molecule has 2 aliphatic carbocycles. The molecule has 0 amide bonds. The van der Waals surface area contributed by atoms with E-state index in [4.69, 9.17) is 4.74 Å². The highest BCUT2D eigenvalue weighted by molar-refractivity contribution is 5.76. The van der Waals surface area contributed by atoms with E-state index in [1.807, 2.05) is 45.9 Å².